The molecule has 1 aromatic carbocycles. The summed E-state index contributed by atoms with van der Waals surface area (Å²) in [5, 5.41) is 9.30. The number of aliphatic carboxylic acids is 1. The molecule has 1 N–H and O–H groups in total. The van der Waals surface area contributed by atoms with E-state index in [-0.39, 0.29) is 15.4 Å². The molecule has 1 aliphatic carbocycles. The van der Waals surface area contributed by atoms with Gasteiger partial charge < -0.3 is 5.11 Å². The molecule has 0 spiro atoms. The van der Waals surface area contributed by atoms with Crippen LogP contribution in [0, 0.1) is 0 Å². The van der Waals surface area contributed by atoms with Crippen LogP contribution < -0.4 is 0 Å². The van der Waals surface area contributed by atoms with E-state index in [1.54, 1.807) is 0 Å². The minimum Gasteiger partial charge on any atom is -0.481 e. The summed E-state index contributed by atoms with van der Waals surface area (Å²) in [4.78, 5) is 10.7. The van der Waals surface area contributed by atoms with E-state index in [9.17, 15) is 26.7 Å². The van der Waals surface area contributed by atoms with Crippen molar-refractivity contribution in [3.63, 3.8) is 0 Å². The van der Waals surface area contributed by atoms with Crippen molar-refractivity contribution in [3.8, 4) is 0 Å². The Balaban J connectivity index is 2.89. The Kier molecular flexibility index (Phi) is 3.22. The van der Waals surface area contributed by atoms with Crippen LogP contribution in [0.4, 0.5) is 0 Å². The number of sulfone groups is 2. The molecule has 0 aromatic heterocycles. The molecule has 0 heterocycles. The molecule has 0 saturated heterocycles. The average molecular weight is 318 g/mol. The van der Waals surface area contributed by atoms with Crippen molar-refractivity contribution in [2.75, 3.05) is 12.5 Å². The molecule has 0 aliphatic heterocycles. The van der Waals surface area contributed by atoms with E-state index >= 15 is 0 Å². The summed E-state index contributed by atoms with van der Waals surface area (Å²) in [6.45, 7) is 0. The van der Waals surface area contributed by atoms with Gasteiger partial charge in [-0.2, -0.15) is 0 Å². The van der Waals surface area contributed by atoms with Gasteiger partial charge in [0.1, 0.15) is 0 Å². The SMILES string of the molecule is CS(=O)(=O)c1cccc(C2(C(=O)O)CC2)c1S(C)(=O)=O. The lowest BCUT2D eigenvalue weighted by molar-refractivity contribution is -0.140. The van der Waals surface area contributed by atoms with Crippen molar-refractivity contribution in [1.29, 1.82) is 0 Å². The van der Waals surface area contributed by atoms with Gasteiger partial charge in [0.15, 0.2) is 19.7 Å². The average Bonchev–Trinajstić information content (AvgIpc) is 3.06. The van der Waals surface area contributed by atoms with Crippen molar-refractivity contribution in [2.45, 2.75) is 28.0 Å². The predicted molar refractivity (Wildman–Crippen MR) is 71.2 cm³/mol. The second-order valence-electron chi connectivity index (χ2n) is 5.06. The first-order valence-corrected chi connectivity index (χ1v) is 9.55. The number of carbonyl (C=O) groups is 1. The van der Waals surface area contributed by atoms with Gasteiger partial charge in [-0.25, -0.2) is 16.8 Å². The molecule has 110 valence electrons. The Hall–Kier alpha value is -1.41. The van der Waals surface area contributed by atoms with E-state index in [1.165, 1.54) is 18.2 Å². The first-order chi connectivity index (χ1) is 9.00. The fraction of sp³-hybridized carbons (Fsp3) is 0.417. The molecule has 8 heteroatoms. The van der Waals surface area contributed by atoms with Gasteiger partial charge in [0.25, 0.3) is 0 Å². The number of rotatable bonds is 4. The lowest BCUT2D eigenvalue weighted by atomic mass is 9.96. The topological polar surface area (TPSA) is 106 Å². The van der Waals surface area contributed by atoms with Gasteiger partial charge in [0.05, 0.1) is 15.2 Å². The molecule has 6 nitrogen and oxygen atoms in total. The van der Waals surface area contributed by atoms with Gasteiger partial charge in [0.2, 0.25) is 0 Å². The van der Waals surface area contributed by atoms with E-state index < -0.39 is 31.1 Å². The van der Waals surface area contributed by atoms with Crippen molar-refractivity contribution in [1.82, 2.24) is 0 Å². The zero-order valence-corrected chi connectivity index (χ0v) is 12.6. The second-order valence-corrected chi connectivity index (χ2v) is 9.00. The highest BCUT2D eigenvalue weighted by Crippen LogP contribution is 2.51. The number of carboxylic acid groups (broad SMARTS) is 1. The van der Waals surface area contributed by atoms with Crippen LogP contribution >= 0.6 is 0 Å². The van der Waals surface area contributed by atoms with E-state index in [1.807, 2.05) is 0 Å². The molecule has 1 saturated carbocycles. The first-order valence-electron chi connectivity index (χ1n) is 5.77. The fourth-order valence-corrected chi connectivity index (χ4v) is 5.07. The third-order valence-corrected chi connectivity index (χ3v) is 5.87. The molecule has 0 bridgehead atoms. The van der Waals surface area contributed by atoms with Crippen LogP contribution in [-0.2, 0) is 29.9 Å². The molecular formula is C12H14O6S2. The minimum absolute atomic E-state index is 0.0652. The highest BCUT2D eigenvalue weighted by Gasteiger charge is 2.54. The zero-order chi connectivity index (χ0) is 15.3. The quantitative estimate of drug-likeness (QED) is 0.872. The molecule has 0 unspecified atom stereocenters. The van der Waals surface area contributed by atoms with Gasteiger partial charge in [-0.3, -0.25) is 4.79 Å². The van der Waals surface area contributed by atoms with E-state index in [0.717, 1.165) is 12.5 Å². The molecule has 1 aliphatic rings. The lowest BCUT2D eigenvalue weighted by Crippen LogP contribution is -2.23. The summed E-state index contributed by atoms with van der Waals surface area (Å²) in [6.07, 6.45) is 2.40. The van der Waals surface area contributed by atoms with Crippen molar-refractivity contribution in [3.05, 3.63) is 23.8 Å². The number of hydrogen-bond acceptors (Lipinski definition) is 5. The Morgan fingerprint density at radius 3 is 2.00 bits per heavy atom. The minimum atomic E-state index is -3.87. The molecule has 2 rings (SSSR count). The number of carboxylic acids is 1. The lowest BCUT2D eigenvalue weighted by Gasteiger charge is -2.17. The summed E-state index contributed by atoms with van der Waals surface area (Å²) in [7, 11) is -7.64. The maximum absolute atomic E-state index is 12.0. The van der Waals surface area contributed by atoms with Crippen molar-refractivity contribution >= 4 is 25.6 Å². The Bertz CT molecular complexity index is 785. The molecule has 20 heavy (non-hydrogen) atoms. The van der Waals surface area contributed by atoms with Crippen LogP contribution in [0.25, 0.3) is 0 Å². The van der Waals surface area contributed by atoms with E-state index in [4.69, 9.17) is 0 Å². The summed E-state index contributed by atoms with van der Waals surface area (Å²) < 4.78 is 47.4. The van der Waals surface area contributed by atoms with Gasteiger partial charge in [-0.05, 0) is 24.5 Å². The largest absolute Gasteiger partial charge is 0.481 e. The van der Waals surface area contributed by atoms with Crippen LogP contribution in [0.1, 0.15) is 18.4 Å². The van der Waals surface area contributed by atoms with Crippen molar-refractivity contribution < 1.29 is 26.7 Å². The van der Waals surface area contributed by atoms with E-state index in [0.29, 0.717) is 12.8 Å². The van der Waals surface area contributed by atoms with E-state index in [2.05, 4.69) is 0 Å². The molecule has 1 aromatic rings. The fourth-order valence-electron chi connectivity index (χ4n) is 2.29. The van der Waals surface area contributed by atoms with Crippen LogP contribution in [0.5, 0.6) is 0 Å². The Labute approximate surface area is 117 Å². The first kappa shape index (κ1) is 15.0. The van der Waals surface area contributed by atoms with Crippen LogP contribution in [-0.4, -0.2) is 40.4 Å². The highest BCUT2D eigenvalue weighted by atomic mass is 32.2. The van der Waals surface area contributed by atoms with Crippen LogP contribution in [0.15, 0.2) is 28.0 Å². The normalized spacial score (nSPS) is 17.7. The Morgan fingerprint density at radius 2 is 1.65 bits per heavy atom. The summed E-state index contributed by atoms with van der Waals surface area (Å²) in [5.41, 5.74) is -1.21. The maximum atomic E-state index is 12.0. The number of hydrogen-bond donors (Lipinski definition) is 1. The summed E-state index contributed by atoms with van der Waals surface area (Å²) in [5.74, 6) is -1.13. The van der Waals surface area contributed by atoms with Gasteiger partial charge in [-0.15, -0.1) is 0 Å². The monoisotopic (exact) mass is 318 g/mol. The number of benzene rings is 1. The maximum Gasteiger partial charge on any atom is 0.314 e. The zero-order valence-electron chi connectivity index (χ0n) is 11.0. The summed E-state index contributed by atoms with van der Waals surface area (Å²) in [6, 6.07) is 3.95. The standard InChI is InChI=1S/C12H14O6S2/c1-19(15,16)9-5-3-4-8(10(9)20(2,17)18)12(6-7-12)11(13)14/h3-5H,6-7H2,1-2H3,(H,13,14). The van der Waals surface area contributed by atoms with Gasteiger partial charge in [-0.1, -0.05) is 12.1 Å². The molecule has 1 fully saturated rings. The Morgan fingerprint density at radius 1 is 1.10 bits per heavy atom. The molecule has 0 atom stereocenters. The third-order valence-electron chi connectivity index (χ3n) is 3.42. The molecule has 0 amide bonds. The van der Waals surface area contributed by atoms with Crippen LogP contribution in [0.2, 0.25) is 0 Å². The molecule has 0 radical (unpaired) electrons. The second kappa shape index (κ2) is 4.29. The summed E-state index contributed by atoms with van der Waals surface area (Å²) >= 11 is 0. The smallest absolute Gasteiger partial charge is 0.314 e. The molecular weight excluding hydrogens is 304 g/mol. The van der Waals surface area contributed by atoms with Crippen LogP contribution in [0.3, 0.4) is 0 Å². The van der Waals surface area contributed by atoms with Gasteiger partial charge >= 0.3 is 5.97 Å². The van der Waals surface area contributed by atoms with Gasteiger partial charge in [0, 0.05) is 12.5 Å². The predicted octanol–water partition coefficient (Wildman–Crippen LogP) is 0.610. The highest BCUT2D eigenvalue weighted by molar-refractivity contribution is 7.93. The third kappa shape index (κ3) is 2.33. The van der Waals surface area contributed by atoms with Crippen molar-refractivity contribution in [2.24, 2.45) is 0 Å².